The van der Waals surface area contributed by atoms with E-state index in [1.165, 1.54) is 4.31 Å². The van der Waals surface area contributed by atoms with E-state index in [1.54, 1.807) is 6.07 Å². The van der Waals surface area contributed by atoms with Gasteiger partial charge in [0, 0.05) is 6.42 Å². The van der Waals surface area contributed by atoms with E-state index in [9.17, 15) is 8.42 Å². The van der Waals surface area contributed by atoms with E-state index in [-0.39, 0.29) is 12.4 Å². The van der Waals surface area contributed by atoms with E-state index in [4.69, 9.17) is 4.74 Å². The van der Waals surface area contributed by atoms with E-state index in [0.29, 0.717) is 30.0 Å². The lowest BCUT2D eigenvalue weighted by Gasteiger charge is -2.35. The van der Waals surface area contributed by atoms with Crippen molar-refractivity contribution in [3.63, 3.8) is 0 Å². The number of sulfonamides is 1. The van der Waals surface area contributed by atoms with Crippen LogP contribution in [0.4, 0.5) is 11.4 Å². The lowest BCUT2D eigenvalue weighted by molar-refractivity contribution is 0.254. The Morgan fingerprint density at radius 1 is 1.00 bits per heavy atom. The number of ether oxygens (including phenoxy) is 1. The van der Waals surface area contributed by atoms with E-state index < -0.39 is 15.5 Å². The van der Waals surface area contributed by atoms with Crippen molar-refractivity contribution >= 4 is 44.6 Å². The molecule has 0 aliphatic carbocycles. The van der Waals surface area contributed by atoms with Crippen molar-refractivity contribution in [1.82, 2.24) is 5.32 Å². The molecule has 1 N–H and O–H groups in total. The molecule has 0 saturated carbocycles. The minimum Gasteiger partial charge on any atom is -0.470 e. The molecule has 28 heavy (non-hydrogen) atoms. The standard InChI is InChI=1S/C21H22N2O3S.ClH/c1-22-14-6-11-21-26-20-10-5-4-9-19(20)23(27(21,24)25)18-13-12-16-7-2-3-8-17(16)15-18;/h2-5,7-10,12-13,15,21-22H,6,11,14H2,1H3;1H. The Morgan fingerprint density at radius 3 is 2.50 bits per heavy atom. The maximum absolute atomic E-state index is 13.4. The van der Waals surface area contributed by atoms with Crippen molar-refractivity contribution in [2.45, 2.75) is 18.3 Å². The third-order valence-electron chi connectivity index (χ3n) is 4.76. The van der Waals surface area contributed by atoms with Gasteiger partial charge in [-0.15, -0.1) is 12.4 Å². The van der Waals surface area contributed by atoms with E-state index >= 15 is 0 Å². The molecule has 5 nitrogen and oxygen atoms in total. The van der Waals surface area contributed by atoms with Gasteiger partial charge in [-0.3, -0.25) is 0 Å². The van der Waals surface area contributed by atoms with Gasteiger partial charge in [0.05, 0.1) is 11.4 Å². The van der Waals surface area contributed by atoms with Crippen LogP contribution >= 0.6 is 12.4 Å². The predicted molar refractivity (Wildman–Crippen MR) is 116 cm³/mol. The Bertz CT molecular complexity index is 1070. The zero-order chi connectivity index (χ0) is 18.9. The largest absolute Gasteiger partial charge is 0.470 e. The van der Waals surface area contributed by atoms with Gasteiger partial charge in [0.25, 0.3) is 10.0 Å². The Kier molecular flexibility index (Phi) is 6.13. The first kappa shape index (κ1) is 20.5. The molecule has 0 fully saturated rings. The maximum atomic E-state index is 13.4. The highest BCUT2D eigenvalue weighted by Crippen LogP contribution is 2.43. The summed E-state index contributed by atoms with van der Waals surface area (Å²) in [6, 6.07) is 20.9. The van der Waals surface area contributed by atoms with E-state index in [2.05, 4.69) is 5.32 Å². The Balaban J connectivity index is 0.00000225. The quantitative estimate of drug-likeness (QED) is 0.622. The highest BCUT2D eigenvalue weighted by Gasteiger charge is 2.40. The van der Waals surface area contributed by atoms with Gasteiger partial charge in [-0.1, -0.05) is 42.5 Å². The van der Waals surface area contributed by atoms with Gasteiger partial charge in [-0.2, -0.15) is 0 Å². The molecule has 148 valence electrons. The van der Waals surface area contributed by atoms with Crippen LogP contribution in [0.25, 0.3) is 10.8 Å². The Hall–Kier alpha value is -2.28. The summed E-state index contributed by atoms with van der Waals surface area (Å²) in [6.45, 7) is 0.743. The van der Waals surface area contributed by atoms with Crippen molar-refractivity contribution in [2.75, 3.05) is 17.9 Å². The monoisotopic (exact) mass is 418 g/mol. The molecule has 0 amide bonds. The molecule has 0 radical (unpaired) electrons. The van der Waals surface area contributed by atoms with Gasteiger partial charge >= 0.3 is 0 Å². The number of rotatable bonds is 5. The lowest BCUT2D eigenvalue weighted by Crippen LogP contribution is -2.43. The van der Waals surface area contributed by atoms with Crippen LogP contribution in [0.3, 0.4) is 0 Å². The molecule has 0 bridgehead atoms. The molecular formula is C21H23ClN2O3S. The number of fused-ring (bicyclic) bond motifs is 2. The highest BCUT2D eigenvalue weighted by molar-refractivity contribution is 7.93. The van der Waals surface area contributed by atoms with Crippen molar-refractivity contribution < 1.29 is 13.2 Å². The molecule has 3 aromatic carbocycles. The van der Waals surface area contributed by atoms with Gasteiger partial charge in [-0.25, -0.2) is 12.7 Å². The smallest absolute Gasteiger partial charge is 0.277 e. The number of hydrogen-bond acceptors (Lipinski definition) is 4. The summed E-state index contributed by atoms with van der Waals surface area (Å²) in [7, 11) is -1.84. The molecule has 0 spiro atoms. The zero-order valence-corrected chi connectivity index (χ0v) is 17.2. The van der Waals surface area contributed by atoms with Gasteiger partial charge in [0.1, 0.15) is 5.75 Å². The fourth-order valence-corrected chi connectivity index (χ4v) is 5.18. The van der Waals surface area contributed by atoms with Crippen LogP contribution in [0, 0.1) is 0 Å². The summed E-state index contributed by atoms with van der Waals surface area (Å²) in [5, 5.41) is 5.13. The number of hydrogen-bond donors (Lipinski definition) is 1. The molecule has 1 aliphatic heterocycles. The highest BCUT2D eigenvalue weighted by atomic mass is 35.5. The molecule has 0 saturated heterocycles. The van der Waals surface area contributed by atoms with Gasteiger partial charge in [-0.05, 0) is 55.1 Å². The molecule has 3 aromatic rings. The van der Waals surface area contributed by atoms with Gasteiger partial charge in [0.2, 0.25) is 5.44 Å². The molecule has 1 aliphatic rings. The first-order chi connectivity index (χ1) is 13.1. The molecule has 1 unspecified atom stereocenters. The topological polar surface area (TPSA) is 58.6 Å². The van der Waals surface area contributed by atoms with Crippen LogP contribution in [0.1, 0.15) is 12.8 Å². The fourth-order valence-electron chi connectivity index (χ4n) is 3.42. The molecule has 1 atom stereocenters. The fraction of sp³-hybridized carbons (Fsp3) is 0.238. The number of benzene rings is 3. The molecular weight excluding hydrogens is 396 g/mol. The van der Waals surface area contributed by atoms with Crippen LogP contribution in [0.2, 0.25) is 0 Å². The zero-order valence-electron chi connectivity index (χ0n) is 15.5. The van der Waals surface area contributed by atoms with Crippen LogP contribution in [-0.2, 0) is 10.0 Å². The number of nitrogens with zero attached hydrogens (tertiary/aromatic N) is 1. The SMILES string of the molecule is CNCCCC1Oc2ccccc2N(c2ccc3ccccc3c2)S1(=O)=O.Cl. The summed E-state index contributed by atoms with van der Waals surface area (Å²) >= 11 is 0. The van der Waals surface area contributed by atoms with Gasteiger partial charge in [0.15, 0.2) is 0 Å². The maximum Gasteiger partial charge on any atom is 0.277 e. The van der Waals surface area contributed by atoms with Crippen molar-refractivity contribution in [3.8, 4) is 5.75 Å². The first-order valence-electron chi connectivity index (χ1n) is 9.04. The minimum atomic E-state index is -3.70. The molecule has 0 aromatic heterocycles. The molecule has 7 heteroatoms. The summed E-state index contributed by atoms with van der Waals surface area (Å²) in [5.74, 6) is 0.593. The second kappa shape index (κ2) is 8.39. The average molecular weight is 419 g/mol. The van der Waals surface area contributed by atoms with E-state index in [1.807, 2.05) is 67.7 Å². The number of anilines is 2. The summed E-state index contributed by atoms with van der Waals surface area (Å²) in [4.78, 5) is 0. The lowest BCUT2D eigenvalue weighted by atomic mass is 10.1. The van der Waals surface area contributed by atoms with Gasteiger partial charge < -0.3 is 10.1 Å². The third-order valence-corrected chi connectivity index (χ3v) is 6.68. The van der Waals surface area contributed by atoms with Crippen molar-refractivity contribution in [3.05, 3.63) is 66.7 Å². The summed E-state index contributed by atoms with van der Waals surface area (Å²) in [5.41, 5.74) is 0.285. The van der Waals surface area contributed by atoms with E-state index in [0.717, 1.165) is 17.3 Å². The van der Waals surface area contributed by atoms with Crippen LogP contribution in [-0.4, -0.2) is 27.4 Å². The normalized spacial score (nSPS) is 17.5. The molecule has 1 heterocycles. The second-order valence-corrected chi connectivity index (χ2v) is 8.52. The predicted octanol–water partition coefficient (Wildman–Crippen LogP) is 4.45. The van der Waals surface area contributed by atoms with Crippen LogP contribution < -0.4 is 14.4 Å². The Morgan fingerprint density at radius 2 is 1.71 bits per heavy atom. The number of para-hydroxylation sites is 2. The van der Waals surface area contributed by atoms with Crippen LogP contribution in [0.15, 0.2) is 66.7 Å². The molecule has 4 rings (SSSR count). The Labute approximate surface area is 171 Å². The second-order valence-electron chi connectivity index (χ2n) is 6.60. The number of halogens is 1. The van der Waals surface area contributed by atoms with Crippen LogP contribution in [0.5, 0.6) is 5.75 Å². The first-order valence-corrected chi connectivity index (χ1v) is 10.5. The minimum absolute atomic E-state index is 0. The summed E-state index contributed by atoms with van der Waals surface area (Å²) < 4.78 is 34.1. The van der Waals surface area contributed by atoms with Crippen molar-refractivity contribution in [1.29, 1.82) is 0 Å². The number of nitrogens with one attached hydrogen (secondary N) is 1. The summed E-state index contributed by atoms with van der Waals surface area (Å²) in [6.07, 6.45) is 1.15. The van der Waals surface area contributed by atoms with Crippen molar-refractivity contribution in [2.24, 2.45) is 0 Å². The third kappa shape index (κ3) is 3.68. The average Bonchev–Trinajstić information content (AvgIpc) is 2.68.